The Morgan fingerprint density at radius 1 is 1.29 bits per heavy atom. The maximum atomic E-state index is 12.1. The zero-order valence-electron chi connectivity index (χ0n) is 13.4. The van der Waals surface area contributed by atoms with E-state index in [1.165, 1.54) is 19.2 Å². The second-order valence-electron chi connectivity index (χ2n) is 5.85. The SMILES string of the molecule is COC(=O)C(N)C1CCN(Cc2ccc(OC(F)(F)F)cc2)CC1. The molecule has 5 nitrogen and oxygen atoms in total. The number of esters is 1. The summed E-state index contributed by atoms with van der Waals surface area (Å²) in [5.74, 6) is -0.529. The van der Waals surface area contributed by atoms with Gasteiger partial charge in [-0.3, -0.25) is 9.69 Å². The van der Waals surface area contributed by atoms with E-state index < -0.39 is 18.4 Å². The third kappa shape index (κ3) is 5.38. The Balaban J connectivity index is 1.82. The predicted octanol–water partition coefficient (Wildman–Crippen LogP) is 2.30. The summed E-state index contributed by atoms with van der Waals surface area (Å²) in [6.07, 6.45) is -3.11. The molecule has 0 aliphatic carbocycles. The Hall–Kier alpha value is -1.80. The van der Waals surface area contributed by atoms with Gasteiger partial charge >= 0.3 is 12.3 Å². The number of hydrogen-bond acceptors (Lipinski definition) is 5. The van der Waals surface area contributed by atoms with Crippen LogP contribution in [0, 0.1) is 5.92 Å². The van der Waals surface area contributed by atoms with Gasteiger partial charge in [0.15, 0.2) is 0 Å². The van der Waals surface area contributed by atoms with Crippen molar-refractivity contribution < 1.29 is 27.4 Å². The van der Waals surface area contributed by atoms with Crippen molar-refractivity contribution in [1.82, 2.24) is 4.90 Å². The molecule has 1 aromatic carbocycles. The zero-order valence-corrected chi connectivity index (χ0v) is 13.4. The summed E-state index contributed by atoms with van der Waals surface area (Å²) in [5.41, 5.74) is 6.77. The Kier molecular flexibility index (Phi) is 6.06. The molecule has 1 heterocycles. The van der Waals surface area contributed by atoms with Crippen LogP contribution in [0.15, 0.2) is 24.3 Å². The highest BCUT2D eigenvalue weighted by atomic mass is 19.4. The van der Waals surface area contributed by atoms with Crippen LogP contribution in [-0.2, 0) is 16.1 Å². The van der Waals surface area contributed by atoms with E-state index in [0.717, 1.165) is 31.5 Å². The maximum absolute atomic E-state index is 12.1. The minimum atomic E-state index is -4.68. The Labute approximate surface area is 138 Å². The van der Waals surface area contributed by atoms with Crippen LogP contribution in [0.2, 0.25) is 0 Å². The van der Waals surface area contributed by atoms with Crippen LogP contribution in [0.3, 0.4) is 0 Å². The van der Waals surface area contributed by atoms with E-state index in [9.17, 15) is 18.0 Å². The van der Waals surface area contributed by atoms with E-state index in [4.69, 9.17) is 5.73 Å². The number of hydrogen-bond donors (Lipinski definition) is 1. The molecular formula is C16H21F3N2O3. The summed E-state index contributed by atoms with van der Waals surface area (Å²) in [6, 6.07) is 5.25. The Morgan fingerprint density at radius 2 is 1.88 bits per heavy atom. The quantitative estimate of drug-likeness (QED) is 0.829. The summed E-state index contributed by atoms with van der Waals surface area (Å²) in [7, 11) is 1.32. The van der Waals surface area contributed by atoms with Gasteiger partial charge in [0.1, 0.15) is 11.8 Å². The number of nitrogens with two attached hydrogens (primary N) is 1. The van der Waals surface area contributed by atoms with Crippen molar-refractivity contribution in [3.05, 3.63) is 29.8 Å². The third-order valence-corrected chi connectivity index (χ3v) is 4.18. The predicted molar refractivity (Wildman–Crippen MR) is 81.1 cm³/mol. The molecule has 1 fully saturated rings. The summed E-state index contributed by atoms with van der Waals surface area (Å²) >= 11 is 0. The normalized spacial score (nSPS) is 18.2. The standard InChI is InChI=1S/C16H21F3N2O3/c1-23-15(22)14(20)12-6-8-21(9-7-12)10-11-2-4-13(5-3-11)24-16(17,18)19/h2-5,12,14H,6-10,20H2,1H3. The summed E-state index contributed by atoms with van der Waals surface area (Å²) in [6.45, 7) is 2.18. The van der Waals surface area contributed by atoms with Gasteiger partial charge in [0, 0.05) is 6.54 Å². The molecule has 0 radical (unpaired) electrons. The molecule has 24 heavy (non-hydrogen) atoms. The fourth-order valence-corrected chi connectivity index (χ4v) is 2.85. The lowest BCUT2D eigenvalue weighted by Crippen LogP contribution is -2.45. The molecule has 2 rings (SSSR count). The van der Waals surface area contributed by atoms with Gasteiger partial charge in [-0.2, -0.15) is 0 Å². The molecule has 1 aromatic rings. The number of ether oxygens (including phenoxy) is 2. The van der Waals surface area contributed by atoms with Crippen molar-refractivity contribution in [2.24, 2.45) is 11.7 Å². The van der Waals surface area contributed by atoms with Gasteiger partial charge in [-0.1, -0.05) is 12.1 Å². The number of halogens is 3. The number of carbonyl (C=O) groups is 1. The first kappa shape index (κ1) is 18.5. The average molecular weight is 346 g/mol. The summed E-state index contributed by atoms with van der Waals surface area (Å²) < 4.78 is 44.9. The van der Waals surface area contributed by atoms with Gasteiger partial charge in [-0.15, -0.1) is 13.2 Å². The van der Waals surface area contributed by atoms with Gasteiger partial charge in [0.2, 0.25) is 0 Å². The molecule has 1 aliphatic heterocycles. The molecule has 0 bridgehead atoms. The van der Waals surface area contributed by atoms with E-state index in [-0.39, 0.29) is 11.7 Å². The van der Waals surface area contributed by atoms with Crippen molar-refractivity contribution in [1.29, 1.82) is 0 Å². The highest BCUT2D eigenvalue weighted by Gasteiger charge is 2.31. The van der Waals surface area contributed by atoms with Gasteiger partial charge in [0.25, 0.3) is 0 Å². The summed E-state index contributed by atoms with van der Waals surface area (Å²) in [4.78, 5) is 13.6. The number of benzene rings is 1. The lowest BCUT2D eigenvalue weighted by molar-refractivity contribution is -0.274. The van der Waals surface area contributed by atoms with E-state index in [1.807, 2.05) is 0 Å². The largest absolute Gasteiger partial charge is 0.573 e. The molecular weight excluding hydrogens is 325 g/mol. The molecule has 1 unspecified atom stereocenters. The molecule has 0 spiro atoms. The molecule has 8 heteroatoms. The minimum Gasteiger partial charge on any atom is -0.468 e. The topological polar surface area (TPSA) is 64.8 Å². The first-order valence-corrected chi connectivity index (χ1v) is 7.69. The van der Waals surface area contributed by atoms with Gasteiger partial charge in [0.05, 0.1) is 7.11 Å². The fourth-order valence-electron chi connectivity index (χ4n) is 2.85. The Bertz CT molecular complexity index is 540. The van der Waals surface area contributed by atoms with Crippen molar-refractivity contribution >= 4 is 5.97 Å². The fraction of sp³-hybridized carbons (Fsp3) is 0.562. The second kappa shape index (κ2) is 7.85. The highest BCUT2D eigenvalue weighted by Crippen LogP contribution is 2.25. The smallest absolute Gasteiger partial charge is 0.468 e. The number of nitrogens with zero attached hydrogens (tertiary/aromatic N) is 1. The van der Waals surface area contributed by atoms with Crippen LogP contribution in [0.1, 0.15) is 18.4 Å². The van der Waals surface area contributed by atoms with Gasteiger partial charge in [-0.25, -0.2) is 0 Å². The molecule has 134 valence electrons. The van der Waals surface area contributed by atoms with E-state index >= 15 is 0 Å². The van der Waals surface area contributed by atoms with Crippen LogP contribution in [0.5, 0.6) is 5.75 Å². The number of alkyl halides is 3. The first-order chi connectivity index (χ1) is 11.3. The molecule has 1 aliphatic rings. The number of carbonyl (C=O) groups excluding carboxylic acids is 1. The van der Waals surface area contributed by atoms with Crippen LogP contribution in [-0.4, -0.2) is 43.5 Å². The number of likely N-dealkylation sites (tertiary alicyclic amines) is 1. The van der Waals surface area contributed by atoms with Crippen LogP contribution in [0.25, 0.3) is 0 Å². The molecule has 1 atom stereocenters. The highest BCUT2D eigenvalue weighted by molar-refractivity contribution is 5.75. The lowest BCUT2D eigenvalue weighted by atomic mass is 9.89. The number of methoxy groups -OCH3 is 1. The van der Waals surface area contributed by atoms with Gasteiger partial charge in [-0.05, 0) is 49.5 Å². The number of rotatable bonds is 5. The molecule has 0 aromatic heterocycles. The van der Waals surface area contributed by atoms with E-state index in [1.54, 1.807) is 12.1 Å². The molecule has 0 saturated carbocycles. The van der Waals surface area contributed by atoms with Crippen LogP contribution < -0.4 is 10.5 Å². The van der Waals surface area contributed by atoms with E-state index in [2.05, 4.69) is 14.4 Å². The minimum absolute atomic E-state index is 0.0938. The van der Waals surface area contributed by atoms with Crippen molar-refractivity contribution in [2.45, 2.75) is 31.8 Å². The van der Waals surface area contributed by atoms with Crippen LogP contribution in [0.4, 0.5) is 13.2 Å². The summed E-state index contributed by atoms with van der Waals surface area (Å²) in [5, 5.41) is 0. The maximum Gasteiger partial charge on any atom is 0.573 e. The Morgan fingerprint density at radius 3 is 2.38 bits per heavy atom. The molecule has 0 amide bonds. The zero-order chi connectivity index (χ0) is 17.7. The van der Waals surface area contributed by atoms with Gasteiger partial charge < -0.3 is 15.2 Å². The average Bonchev–Trinajstić information content (AvgIpc) is 2.54. The van der Waals surface area contributed by atoms with Crippen molar-refractivity contribution in [3.8, 4) is 5.75 Å². The molecule has 2 N–H and O–H groups in total. The molecule has 1 saturated heterocycles. The van der Waals surface area contributed by atoms with Crippen LogP contribution >= 0.6 is 0 Å². The third-order valence-electron chi connectivity index (χ3n) is 4.18. The number of piperidine rings is 1. The lowest BCUT2D eigenvalue weighted by Gasteiger charge is -2.33. The monoisotopic (exact) mass is 346 g/mol. The second-order valence-corrected chi connectivity index (χ2v) is 5.85. The first-order valence-electron chi connectivity index (χ1n) is 7.69. The van der Waals surface area contributed by atoms with E-state index in [0.29, 0.717) is 6.54 Å². The van der Waals surface area contributed by atoms with Crippen molar-refractivity contribution in [2.75, 3.05) is 20.2 Å². The van der Waals surface area contributed by atoms with Crippen molar-refractivity contribution in [3.63, 3.8) is 0 Å².